The molecule has 0 aliphatic carbocycles. The van der Waals surface area contributed by atoms with Crippen LogP contribution < -0.4 is 10.6 Å². The van der Waals surface area contributed by atoms with Gasteiger partial charge in [-0.2, -0.15) is 0 Å². The fraction of sp³-hybridized carbons (Fsp3) is 0.538. The Morgan fingerprint density at radius 2 is 2.05 bits per heavy atom. The van der Waals surface area contributed by atoms with Gasteiger partial charge < -0.3 is 20.1 Å². The molecule has 0 saturated carbocycles. The number of nitrogens with one attached hydrogen (secondary N) is 2. The highest BCUT2D eigenvalue weighted by atomic mass is 16.5. The Morgan fingerprint density at radius 3 is 2.79 bits per heavy atom. The average Bonchev–Trinajstić information content (AvgIpc) is 2.44. The SMILES string of the molecule is COCCCNc1ccnc(C(=O)NCCOC)c1. The second-order valence-corrected chi connectivity index (χ2v) is 3.95. The number of anilines is 1. The molecule has 1 rings (SSSR count). The number of methoxy groups -OCH3 is 2. The molecule has 6 heteroatoms. The zero-order valence-electron chi connectivity index (χ0n) is 11.4. The summed E-state index contributed by atoms with van der Waals surface area (Å²) in [6.07, 6.45) is 2.53. The standard InChI is InChI=1S/C13H21N3O3/c1-18-8-3-5-14-11-4-6-15-12(10-11)13(17)16-7-9-19-2/h4,6,10H,3,5,7-9H2,1-2H3,(H,14,15)(H,16,17). The van der Waals surface area contributed by atoms with Gasteiger partial charge >= 0.3 is 0 Å². The molecule has 0 aliphatic heterocycles. The Kier molecular flexibility index (Phi) is 7.53. The average molecular weight is 267 g/mol. The van der Waals surface area contributed by atoms with Crippen LogP contribution in [-0.2, 0) is 9.47 Å². The minimum absolute atomic E-state index is 0.197. The first-order chi connectivity index (χ1) is 9.27. The van der Waals surface area contributed by atoms with E-state index in [1.54, 1.807) is 26.5 Å². The molecule has 1 amide bonds. The maximum absolute atomic E-state index is 11.8. The Labute approximate surface area is 113 Å². The Hall–Kier alpha value is -1.66. The van der Waals surface area contributed by atoms with Crippen LogP contribution in [0.15, 0.2) is 18.3 Å². The Balaban J connectivity index is 2.44. The summed E-state index contributed by atoms with van der Waals surface area (Å²) in [5, 5.41) is 5.95. The molecule has 0 unspecified atom stereocenters. The van der Waals surface area contributed by atoms with Gasteiger partial charge in [-0.15, -0.1) is 0 Å². The fourth-order valence-corrected chi connectivity index (χ4v) is 1.47. The van der Waals surface area contributed by atoms with Crippen LogP contribution in [0.3, 0.4) is 0 Å². The first-order valence-electron chi connectivity index (χ1n) is 6.24. The molecule has 1 heterocycles. The van der Waals surface area contributed by atoms with Crippen LogP contribution in [0.2, 0.25) is 0 Å². The van der Waals surface area contributed by atoms with E-state index in [4.69, 9.17) is 9.47 Å². The normalized spacial score (nSPS) is 10.2. The summed E-state index contributed by atoms with van der Waals surface area (Å²) in [7, 11) is 3.27. The van der Waals surface area contributed by atoms with Crippen molar-refractivity contribution in [3.8, 4) is 0 Å². The van der Waals surface area contributed by atoms with Crippen molar-refractivity contribution in [2.45, 2.75) is 6.42 Å². The highest BCUT2D eigenvalue weighted by Gasteiger charge is 2.06. The third-order valence-electron chi connectivity index (χ3n) is 2.44. The molecule has 19 heavy (non-hydrogen) atoms. The van der Waals surface area contributed by atoms with Gasteiger partial charge in [0.25, 0.3) is 5.91 Å². The fourth-order valence-electron chi connectivity index (χ4n) is 1.47. The third-order valence-corrected chi connectivity index (χ3v) is 2.44. The summed E-state index contributed by atoms with van der Waals surface area (Å²) in [4.78, 5) is 15.8. The highest BCUT2D eigenvalue weighted by Crippen LogP contribution is 2.07. The van der Waals surface area contributed by atoms with Crippen LogP contribution in [-0.4, -0.2) is 51.4 Å². The molecule has 6 nitrogen and oxygen atoms in total. The summed E-state index contributed by atoms with van der Waals surface area (Å²) in [5.41, 5.74) is 1.27. The van der Waals surface area contributed by atoms with Gasteiger partial charge in [-0.3, -0.25) is 9.78 Å². The number of aromatic nitrogens is 1. The van der Waals surface area contributed by atoms with Gasteiger partial charge in [0.15, 0.2) is 0 Å². The van der Waals surface area contributed by atoms with Crippen molar-refractivity contribution in [3.05, 3.63) is 24.0 Å². The van der Waals surface area contributed by atoms with Crippen LogP contribution in [0, 0.1) is 0 Å². The maximum Gasteiger partial charge on any atom is 0.270 e. The Morgan fingerprint density at radius 1 is 1.26 bits per heavy atom. The highest BCUT2D eigenvalue weighted by molar-refractivity contribution is 5.93. The van der Waals surface area contributed by atoms with Gasteiger partial charge in [-0.1, -0.05) is 0 Å². The molecule has 1 aromatic rings. The van der Waals surface area contributed by atoms with Gasteiger partial charge in [0.05, 0.1) is 6.61 Å². The Bertz CT molecular complexity index is 385. The largest absolute Gasteiger partial charge is 0.385 e. The zero-order valence-corrected chi connectivity index (χ0v) is 11.4. The predicted molar refractivity (Wildman–Crippen MR) is 73.4 cm³/mol. The topological polar surface area (TPSA) is 72.5 Å². The van der Waals surface area contributed by atoms with Crippen molar-refractivity contribution >= 4 is 11.6 Å². The molecular weight excluding hydrogens is 246 g/mol. The second kappa shape index (κ2) is 9.29. The van der Waals surface area contributed by atoms with E-state index < -0.39 is 0 Å². The number of nitrogens with zero attached hydrogens (tertiary/aromatic N) is 1. The lowest BCUT2D eigenvalue weighted by molar-refractivity contribution is 0.0932. The van der Waals surface area contributed by atoms with Gasteiger partial charge in [-0.25, -0.2) is 0 Å². The molecule has 0 spiro atoms. The van der Waals surface area contributed by atoms with Crippen molar-refractivity contribution in [2.75, 3.05) is 45.8 Å². The number of amides is 1. The number of rotatable bonds is 9. The van der Waals surface area contributed by atoms with Crippen molar-refractivity contribution < 1.29 is 14.3 Å². The molecular formula is C13H21N3O3. The van der Waals surface area contributed by atoms with Crippen LogP contribution in [0.5, 0.6) is 0 Å². The van der Waals surface area contributed by atoms with Crippen LogP contribution in [0.1, 0.15) is 16.9 Å². The van der Waals surface area contributed by atoms with Gasteiger partial charge in [0.1, 0.15) is 5.69 Å². The lowest BCUT2D eigenvalue weighted by atomic mass is 10.3. The van der Waals surface area contributed by atoms with Crippen molar-refractivity contribution in [1.82, 2.24) is 10.3 Å². The van der Waals surface area contributed by atoms with E-state index >= 15 is 0 Å². The number of hydrogen-bond donors (Lipinski definition) is 2. The smallest absolute Gasteiger partial charge is 0.270 e. The molecule has 0 aliphatic rings. The van der Waals surface area contributed by atoms with Gasteiger partial charge in [0.2, 0.25) is 0 Å². The van der Waals surface area contributed by atoms with Crippen LogP contribution >= 0.6 is 0 Å². The number of pyridine rings is 1. The molecule has 106 valence electrons. The molecule has 0 aromatic carbocycles. The van der Waals surface area contributed by atoms with Crippen LogP contribution in [0.25, 0.3) is 0 Å². The lowest BCUT2D eigenvalue weighted by Crippen LogP contribution is -2.27. The van der Waals surface area contributed by atoms with E-state index in [0.29, 0.717) is 25.5 Å². The van der Waals surface area contributed by atoms with E-state index in [1.165, 1.54) is 0 Å². The summed E-state index contributed by atoms with van der Waals surface area (Å²) >= 11 is 0. The van der Waals surface area contributed by atoms with E-state index in [0.717, 1.165) is 18.7 Å². The van der Waals surface area contributed by atoms with E-state index in [9.17, 15) is 4.79 Å². The zero-order chi connectivity index (χ0) is 13.9. The molecule has 0 fully saturated rings. The minimum atomic E-state index is -0.197. The van der Waals surface area contributed by atoms with E-state index in [-0.39, 0.29) is 5.91 Å². The number of carbonyl (C=O) groups excluding carboxylic acids is 1. The number of ether oxygens (including phenoxy) is 2. The minimum Gasteiger partial charge on any atom is -0.385 e. The number of carbonyl (C=O) groups is 1. The van der Waals surface area contributed by atoms with Crippen molar-refractivity contribution in [3.63, 3.8) is 0 Å². The predicted octanol–water partition coefficient (Wildman–Crippen LogP) is 0.906. The van der Waals surface area contributed by atoms with E-state index in [2.05, 4.69) is 15.6 Å². The number of hydrogen-bond acceptors (Lipinski definition) is 5. The van der Waals surface area contributed by atoms with Crippen molar-refractivity contribution in [1.29, 1.82) is 0 Å². The first kappa shape index (κ1) is 15.4. The second-order valence-electron chi connectivity index (χ2n) is 3.95. The molecule has 0 atom stereocenters. The maximum atomic E-state index is 11.8. The van der Waals surface area contributed by atoms with Gasteiger partial charge in [-0.05, 0) is 18.6 Å². The molecule has 2 N–H and O–H groups in total. The first-order valence-corrected chi connectivity index (χ1v) is 6.24. The molecule has 1 aromatic heterocycles. The summed E-state index contributed by atoms with van der Waals surface area (Å²) in [6, 6.07) is 3.56. The van der Waals surface area contributed by atoms with E-state index in [1.807, 2.05) is 6.07 Å². The molecule has 0 saturated heterocycles. The van der Waals surface area contributed by atoms with Gasteiger partial charge in [0, 0.05) is 45.8 Å². The third kappa shape index (κ3) is 6.17. The quantitative estimate of drug-likeness (QED) is 0.651. The summed E-state index contributed by atoms with van der Waals surface area (Å²) in [6.45, 7) is 2.47. The summed E-state index contributed by atoms with van der Waals surface area (Å²) < 4.78 is 9.84. The van der Waals surface area contributed by atoms with Crippen molar-refractivity contribution in [2.24, 2.45) is 0 Å². The monoisotopic (exact) mass is 267 g/mol. The molecule has 0 bridgehead atoms. The summed E-state index contributed by atoms with van der Waals surface area (Å²) in [5.74, 6) is -0.197. The van der Waals surface area contributed by atoms with Crippen LogP contribution in [0.4, 0.5) is 5.69 Å². The lowest BCUT2D eigenvalue weighted by Gasteiger charge is -2.08. The molecule has 0 radical (unpaired) electrons.